The molecule has 0 atom stereocenters. The summed E-state index contributed by atoms with van der Waals surface area (Å²) in [5.41, 5.74) is 16.2. The summed E-state index contributed by atoms with van der Waals surface area (Å²) in [6, 6.07) is 13.0. The second-order valence-electron chi connectivity index (χ2n) is 7.35. The largest absolute Gasteiger partial charge is 0.395 e. The Kier molecular flexibility index (Phi) is 4.87. The molecule has 10 nitrogen and oxygen atoms in total. The number of nitrogens with zero attached hydrogens (tertiary/aromatic N) is 5. The van der Waals surface area contributed by atoms with E-state index >= 15 is 0 Å². The molecule has 0 radical (unpaired) electrons. The highest BCUT2D eigenvalue weighted by molar-refractivity contribution is 6.04. The van der Waals surface area contributed by atoms with Gasteiger partial charge in [-0.3, -0.25) is 9.89 Å². The lowest BCUT2D eigenvalue weighted by molar-refractivity contribution is 0.0996. The number of primary amides is 1. The summed E-state index contributed by atoms with van der Waals surface area (Å²) >= 11 is 0. The monoisotopic (exact) mass is 437 g/mol. The van der Waals surface area contributed by atoms with E-state index < -0.39 is 5.91 Å². The fraction of sp³-hybridized carbons (Fsp3) is 0.0435. The van der Waals surface area contributed by atoms with Crippen LogP contribution in [-0.2, 0) is 0 Å². The number of aromatic amines is 1. The summed E-state index contributed by atoms with van der Waals surface area (Å²) in [4.78, 5) is 29.9. The van der Waals surface area contributed by atoms with Gasteiger partial charge in [0.05, 0.1) is 28.8 Å². The molecule has 1 amide bonds. The number of nitrogens with one attached hydrogen (secondary N) is 2. The minimum absolute atomic E-state index is 0.0549. The zero-order valence-electron chi connectivity index (χ0n) is 17.6. The van der Waals surface area contributed by atoms with Crippen molar-refractivity contribution in [3.05, 3.63) is 72.3 Å². The number of nitrogen functional groups attached to an aromatic ring is 1. The molecule has 2 aromatic carbocycles. The standard InChI is InChI=1S/C23H19N9O/c1-12-7-8-16-14(11-28-32-16)17(12)19-18(24)20(21(25)33)31-22(30-19)13-5-2-3-6-15(13)29-23-26-9-4-10-27-23/h2-11H,24H2,1H3,(H2,25,33)(H,28,32)(H,26,27,29). The van der Waals surface area contributed by atoms with Gasteiger partial charge in [-0.25, -0.2) is 19.9 Å². The number of benzene rings is 2. The van der Waals surface area contributed by atoms with Crippen LogP contribution in [0.1, 0.15) is 16.1 Å². The molecule has 0 spiro atoms. The lowest BCUT2D eigenvalue weighted by atomic mass is 9.99. The van der Waals surface area contributed by atoms with Gasteiger partial charge in [0.1, 0.15) is 0 Å². The van der Waals surface area contributed by atoms with E-state index in [4.69, 9.17) is 16.5 Å². The summed E-state index contributed by atoms with van der Waals surface area (Å²) in [6.45, 7) is 1.94. The minimum atomic E-state index is -0.744. The quantitative estimate of drug-likeness (QED) is 0.326. The zero-order chi connectivity index (χ0) is 22.9. The maximum atomic E-state index is 12.3. The summed E-state index contributed by atoms with van der Waals surface area (Å²) in [5.74, 6) is -0.0482. The predicted molar refractivity (Wildman–Crippen MR) is 126 cm³/mol. The Hall–Kier alpha value is -4.86. The van der Waals surface area contributed by atoms with Crippen LogP contribution in [0.3, 0.4) is 0 Å². The first-order valence-corrected chi connectivity index (χ1v) is 10.1. The molecule has 3 aromatic heterocycles. The van der Waals surface area contributed by atoms with Gasteiger partial charge in [-0.1, -0.05) is 18.2 Å². The number of H-pyrrole nitrogens is 1. The summed E-state index contributed by atoms with van der Waals surface area (Å²) in [7, 11) is 0. The van der Waals surface area contributed by atoms with E-state index in [1.54, 1.807) is 24.7 Å². The predicted octanol–water partition coefficient (Wildman–Crippen LogP) is 3.21. The Labute approximate surface area is 188 Å². The molecule has 5 aromatic rings. The average Bonchev–Trinajstić information content (AvgIpc) is 3.29. The molecule has 0 aliphatic heterocycles. The number of hydrogen-bond donors (Lipinski definition) is 4. The number of rotatable bonds is 5. The number of carbonyl (C=O) groups is 1. The highest BCUT2D eigenvalue weighted by Gasteiger charge is 2.22. The first-order valence-electron chi connectivity index (χ1n) is 10.1. The van der Waals surface area contributed by atoms with Crippen LogP contribution in [0.25, 0.3) is 33.5 Å². The van der Waals surface area contributed by atoms with E-state index in [1.165, 1.54) is 0 Å². The molecular weight excluding hydrogens is 418 g/mol. The first-order chi connectivity index (χ1) is 16.0. The minimum Gasteiger partial charge on any atom is -0.395 e. The maximum Gasteiger partial charge on any atom is 0.269 e. The molecule has 0 saturated heterocycles. The summed E-state index contributed by atoms with van der Waals surface area (Å²) in [5, 5.41) is 11.1. The zero-order valence-corrected chi connectivity index (χ0v) is 17.6. The number of hydrogen-bond acceptors (Lipinski definition) is 8. The third-order valence-electron chi connectivity index (χ3n) is 5.23. The van der Waals surface area contributed by atoms with Crippen molar-refractivity contribution in [2.24, 2.45) is 5.73 Å². The summed E-state index contributed by atoms with van der Waals surface area (Å²) in [6.07, 6.45) is 4.97. The molecule has 0 aliphatic carbocycles. The highest BCUT2D eigenvalue weighted by atomic mass is 16.1. The van der Waals surface area contributed by atoms with Crippen LogP contribution in [0.2, 0.25) is 0 Å². The number of aromatic nitrogens is 6. The SMILES string of the molecule is Cc1ccc2[nH]ncc2c1-c1nc(-c2ccccc2Nc2ncccn2)nc(C(N)=O)c1N. The Balaban J connectivity index is 1.74. The van der Waals surface area contributed by atoms with Crippen molar-refractivity contribution < 1.29 is 4.79 Å². The molecule has 162 valence electrons. The van der Waals surface area contributed by atoms with Gasteiger partial charge in [-0.2, -0.15) is 5.10 Å². The number of anilines is 3. The van der Waals surface area contributed by atoms with Crippen molar-refractivity contribution in [1.82, 2.24) is 30.1 Å². The molecule has 0 saturated carbocycles. The molecule has 0 bridgehead atoms. The molecular formula is C23H19N9O. The van der Waals surface area contributed by atoms with Crippen molar-refractivity contribution in [3.8, 4) is 22.6 Å². The number of carbonyl (C=O) groups excluding carboxylic acids is 1. The molecule has 3 heterocycles. The molecule has 6 N–H and O–H groups in total. The van der Waals surface area contributed by atoms with Gasteiger partial charge in [0.25, 0.3) is 5.91 Å². The van der Waals surface area contributed by atoms with Crippen molar-refractivity contribution in [2.75, 3.05) is 11.1 Å². The molecule has 0 fully saturated rings. The lowest BCUT2D eigenvalue weighted by Gasteiger charge is -2.15. The van der Waals surface area contributed by atoms with E-state index in [1.807, 2.05) is 43.3 Å². The van der Waals surface area contributed by atoms with E-state index in [9.17, 15) is 4.79 Å². The first kappa shape index (κ1) is 20.1. The van der Waals surface area contributed by atoms with Gasteiger partial charge >= 0.3 is 0 Å². The van der Waals surface area contributed by atoms with Gasteiger partial charge in [0, 0.05) is 28.9 Å². The molecule has 0 aliphatic rings. The van der Waals surface area contributed by atoms with Crippen LogP contribution in [-0.4, -0.2) is 36.0 Å². The van der Waals surface area contributed by atoms with E-state index in [-0.39, 0.29) is 17.2 Å². The van der Waals surface area contributed by atoms with Crippen molar-refractivity contribution in [3.63, 3.8) is 0 Å². The van der Waals surface area contributed by atoms with Gasteiger partial charge in [-0.15, -0.1) is 0 Å². The smallest absolute Gasteiger partial charge is 0.269 e. The average molecular weight is 437 g/mol. The molecule has 10 heteroatoms. The van der Waals surface area contributed by atoms with Gasteiger partial charge in [-0.05, 0) is 36.8 Å². The second-order valence-corrected chi connectivity index (χ2v) is 7.35. The molecule has 5 rings (SSSR count). The van der Waals surface area contributed by atoms with Gasteiger partial charge in [0.15, 0.2) is 11.5 Å². The lowest BCUT2D eigenvalue weighted by Crippen LogP contribution is -2.18. The van der Waals surface area contributed by atoms with Gasteiger partial charge < -0.3 is 16.8 Å². The third kappa shape index (κ3) is 3.59. The summed E-state index contributed by atoms with van der Waals surface area (Å²) < 4.78 is 0. The van der Waals surface area contributed by atoms with Crippen molar-refractivity contribution in [2.45, 2.75) is 6.92 Å². The molecule has 0 unspecified atom stereocenters. The van der Waals surface area contributed by atoms with E-state index in [0.29, 0.717) is 22.9 Å². The third-order valence-corrected chi connectivity index (χ3v) is 5.23. The fourth-order valence-corrected chi connectivity index (χ4v) is 3.68. The Morgan fingerprint density at radius 3 is 2.61 bits per heavy atom. The fourth-order valence-electron chi connectivity index (χ4n) is 3.68. The normalized spacial score (nSPS) is 10.9. The number of aryl methyl sites for hydroxylation is 1. The van der Waals surface area contributed by atoms with Crippen LogP contribution in [0.15, 0.2) is 61.1 Å². The van der Waals surface area contributed by atoms with E-state index in [0.717, 1.165) is 22.0 Å². The van der Waals surface area contributed by atoms with Crippen molar-refractivity contribution in [1.29, 1.82) is 0 Å². The van der Waals surface area contributed by atoms with Crippen LogP contribution >= 0.6 is 0 Å². The molecule has 33 heavy (non-hydrogen) atoms. The van der Waals surface area contributed by atoms with Crippen LogP contribution in [0, 0.1) is 6.92 Å². The van der Waals surface area contributed by atoms with Crippen LogP contribution in [0.5, 0.6) is 0 Å². The second kappa shape index (κ2) is 8.00. The van der Waals surface area contributed by atoms with Crippen LogP contribution in [0.4, 0.5) is 17.3 Å². The van der Waals surface area contributed by atoms with Gasteiger partial charge in [0.2, 0.25) is 5.95 Å². The Bertz CT molecular complexity index is 1500. The maximum absolute atomic E-state index is 12.3. The van der Waals surface area contributed by atoms with Crippen LogP contribution < -0.4 is 16.8 Å². The highest BCUT2D eigenvalue weighted by Crippen LogP contribution is 2.37. The number of para-hydroxylation sites is 1. The van der Waals surface area contributed by atoms with E-state index in [2.05, 4.69) is 30.5 Å². The van der Waals surface area contributed by atoms with Crippen molar-refractivity contribution >= 4 is 34.1 Å². The Morgan fingerprint density at radius 2 is 1.82 bits per heavy atom. The Morgan fingerprint density at radius 1 is 1.03 bits per heavy atom. The number of amides is 1. The number of nitrogens with two attached hydrogens (primary N) is 2. The number of fused-ring (bicyclic) bond motifs is 1. The topological polar surface area (TPSA) is 161 Å².